The lowest BCUT2D eigenvalue weighted by atomic mass is 9.99. The van der Waals surface area contributed by atoms with Crippen molar-refractivity contribution in [1.29, 1.82) is 0 Å². The molecule has 0 amide bonds. The lowest BCUT2D eigenvalue weighted by Gasteiger charge is -2.32. The molecule has 0 aromatic carbocycles. The van der Waals surface area contributed by atoms with Gasteiger partial charge in [0.15, 0.2) is 0 Å². The Hall–Kier alpha value is -0.650. The van der Waals surface area contributed by atoms with Gasteiger partial charge in [-0.1, -0.05) is 0 Å². The number of ether oxygens (including phenoxy) is 1. The van der Waals surface area contributed by atoms with Crippen molar-refractivity contribution in [3.63, 3.8) is 0 Å². The molecule has 0 aromatic rings. The minimum Gasteiger partial charge on any atom is -0.480 e. The van der Waals surface area contributed by atoms with Gasteiger partial charge in [-0.25, -0.2) is 0 Å². The molecule has 1 saturated heterocycles. The topological polar surface area (TPSA) is 70.0 Å². The van der Waals surface area contributed by atoms with E-state index in [2.05, 4.69) is 0 Å². The van der Waals surface area contributed by atoms with Crippen LogP contribution in [0.2, 0.25) is 0 Å². The predicted molar refractivity (Wildman–Crippen MR) is 59.3 cm³/mol. The van der Waals surface area contributed by atoms with Crippen LogP contribution in [0, 0.1) is 0 Å². The number of carboxylic acid groups (broad SMARTS) is 1. The summed E-state index contributed by atoms with van der Waals surface area (Å²) >= 11 is 0. The Morgan fingerprint density at radius 2 is 2.31 bits per heavy atom. The van der Waals surface area contributed by atoms with Crippen LogP contribution in [0.1, 0.15) is 26.7 Å². The van der Waals surface area contributed by atoms with Crippen molar-refractivity contribution in [1.82, 2.24) is 4.90 Å². The molecule has 0 spiro atoms. The number of likely N-dealkylation sites (tertiary alicyclic amines) is 1. The summed E-state index contributed by atoms with van der Waals surface area (Å²) in [5.41, 5.74) is -0.826. The molecule has 0 radical (unpaired) electrons. The molecule has 5 nitrogen and oxygen atoms in total. The molecule has 2 atom stereocenters. The second-order valence-corrected chi connectivity index (χ2v) is 4.44. The van der Waals surface area contributed by atoms with E-state index in [1.165, 1.54) is 0 Å². The third-order valence-corrected chi connectivity index (χ3v) is 3.20. The van der Waals surface area contributed by atoms with Gasteiger partial charge >= 0.3 is 5.97 Å². The van der Waals surface area contributed by atoms with E-state index in [0.29, 0.717) is 19.6 Å². The summed E-state index contributed by atoms with van der Waals surface area (Å²) < 4.78 is 5.11. The van der Waals surface area contributed by atoms with Crippen molar-refractivity contribution in [2.75, 3.05) is 26.3 Å². The highest BCUT2D eigenvalue weighted by Crippen LogP contribution is 2.29. The van der Waals surface area contributed by atoms with Crippen LogP contribution in [0.4, 0.5) is 0 Å². The Bertz CT molecular complexity index is 246. The first kappa shape index (κ1) is 13.4. The van der Waals surface area contributed by atoms with Crippen LogP contribution >= 0.6 is 0 Å². The van der Waals surface area contributed by atoms with E-state index in [1.54, 1.807) is 6.92 Å². The summed E-state index contributed by atoms with van der Waals surface area (Å²) in [5, 5.41) is 18.9. The normalized spacial score (nSPS) is 28.2. The summed E-state index contributed by atoms with van der Waals surface area (Å²) in [6, 6.07) is 0. The van der Waals surface area contributed by atoms with Crippen molar-refractivity contribution in [3.05, 3.63) is 0 Å². The first-order valence-corrected chi connectivity index (χ1v) is 5.75. The molecular formula is C11H21NO4. The molecular weight excluding hydrogens is 210 g/mol. The van der Waals surface area contributed by atoms with Gasteiger partial charge < -0.3 is 14.9 Å². The van der Waals surface area contributed by atoms with E-state index in [0.717, 1.165) is 13.0 Å². The summed E-state index contributed by atoms with van der Waals surface area (Å²) in [6.07, 6.45) is 0.894. The van der Waals surface area contributed by atoms with Gasteiger partial charge in [0.1, 0.15) is 5.54 Å². The molecule has 0 saturated carbocycles. The highest BCUT2D eigenvalue weighted by molar-refractivity contribution is 5.78. The lowest BCUT2D eigenvalue weighted by molar-refractivity contribution is -0.149. The number of aliphatic hydroxyl groups excluding tert-OH is 1. The second kappa shape index (κ2) is 5.61. The molecule has 2 N–H and O–H groups in total. The van der Waals surface area contributed by atoms with E-state index >= 15 is 0 Å². The molecule has 94 valence electrons. The van der Waals surface area contributed by atoms with Crippen LogP contribution in [-0.4, -0.2) is 59.0 Å². The van der Waals surface area contributed by atoms with Crippen LogP contribution < -0.4 is 0 Å². The monoisotopic (exact) mass is 231 g/mol. The zero-order valence-electron chi connectivity index (χ0n) is 9.98. The first-order valence-electron chi connectivity index (χ1n) is 5.75. The van der Waals surface area contributed by atoms with Crippen molar-refractivity contribution in [2.24, 2.45) is 0 Å². The Labute approximate surface area is 96.0 Å². The molecule has 5 heteroatoms. The fraction of sp³-hybridized carbons (Fsp3) is 0.909. The largest absolute Gasteiger partial charge is 0.480 e. The fourth-order valence-electron chi connectivity index (χ4n) is 2.11. The van der Waals surface area contributed by atoms with E-state index in [1.807, 2.05) is 11.8 Å². The Kier molecular flexibility index (Phi) is 4.70. The summed E-state index contributed by atoms with van der Waals surface area (Å²) in [4.78, 5) is 13.0. The Morgan fingerprint density at radius 3 is 2.88 bits per heavy atom. The SMILES string of the molecule is CCOCC(O)CN1CCCC1(C)C(=O)O. The van der Waals surface area contributed by atoms with Crippen LogP contribution in [0.5, 0.6) is 0 Å². The number of hydrogen-bond donors (Lipinski definition) is 2. The molecule has 1 heterocycles. The van der Waals surface area contributed by atoms with Crippen molar-refractivity contribution >= 4 is 5.97 Å². The number of carbonyl (C=O) groups is 1. The van der Waals surface area contributed by atoms with Gasteiger partial charge in [-0.2, -0.15) is 0 Å². The maximum Gasteiger partial charge on any atom is 0.323 e. The van der Waals surface area contributed by atoms with Gasteiger partial charge in [-0.15, -0.1) is 0 Å². The molecule has 1 aliphatic rings. The highest BCUT2D eigenvalue weighted by Gasteiger charge is 2.43. The average Bonchev–Trinajstić information content (AvgIpc) is 2.59. The van der Waals surface area contributed by atoms with Crippen LogP contribution in [0.15, 0.2) is 0 Å². The minimum absolute atomic E-state index is 0.267. The number of nitrogens with zero attached hydrogens (tertiary/aromatic N) is 1. The third kappa shape index (κ3) is 2.93. The fourth-order valence-corrected chi connectivity index (χ4v) is 2.11. The van der Waals surface area contributed by atoms with Gasteiger partial charge in [0, 0.05) is 13.2 Å². The van der Waals surface area contributed by atoms with Gasteiger partial charge in [0.2, 0.25) is 0 Å². The number of hydrogen-bond acceptors (Lipinski definition) is 4. The predicted octanol–water partition coefficient (Wildman–Crippen LogP) is 0.323. The standard InChI is InChI=1S/C11H21NO4/c1-3-16-8-9(13)7-12-6-4-5-11(12,2)10(14)15/h9,13H,3-8H2,1-2H3,(H,14,15). The molecule has 1 fully saturated rings. The molecule has 1 rings (SSSR count). The van der Waals surface area contributed by atoms with E-state index in [4.69, 9.17) is 4.74 Å². The number of β-amino-alcohol motifs (C(OH)–C–C–N with tert-alkyl or cyclic N) is 1. The maximum atomic E-state index is 11.2. The van der Waals surface area contributed by atoms with Crippen molar-refractivity contribution < 1.29 is 19.7 Å². The van der Waals surface area contributed by atoms with Crippen molar-refractivity contribution in [3.8, 4) is 0 Å². The third-order valence-electron chi connectivity index (χ3n) is 3.20. The van der Waals surface area contributed by atoms with E-state index in [-0.39, 0.29) is 6.61 Å². The van der Waals surface area contributed by atoms with Gasteiger partial charge in [0.25, 0.3) is 0 Å². The molecule has 2 unspecified atom stereocenters. The number of carboxylic acids is 1. The summed E-state index contributed by atoms with van der Waals surface area (Å²) in [7, 11) is 0. The Morgan fingerprint density at radius 1 is 1.62 bits per heavy atom. The molecule has 0 bridgehead atoms. The van der Waals surface area contributed by atoms with E-state index < -0.39 is 17.6 Å². The number of aliphatic carboxylic acids is 1. The minimum atomic E-state index is -0.826. The number of aliphatic hydroxyl groups is 1. The number of rotatable bonds is 6. The van der Waals surface area contributed by atoms with Gasteiger partial charge in [0.05, 0.1) is 12.7 Å². The average molecular weight is 231 g/mol. The highest BCUT2D eigenvalue weighted by atomic mass is 16.5. The van der Waals surface area contributed by atoms with Crippen LogP contribution in [0.25, 0.3) is 0 Å². The van der Waals surface area contributed by atoms with E-state index in [9.17, 15) is 15.0 Å². The molecule has 16 heavy (non-hydrogen) atoms. The Balaban J connectivity index is 2.49. The van der Waals surface area contributed by atoms with Gasteiger partial charge in [-0.3, -0.25) is 9.69 Å². The van der Waals surface area contributed by atoms with Crippen molar-refractivity contribution in [2.45, 2.75) is 38.3 Å². The quantitative estimate of drug-likeness (QED) is 0.689. The lowest BCUT2D eigenvalue weighted by Crippen LogP contribution is -2.51. The molecule has 1 aliphatic heterocycles. The zero-order valence-corrected chi connectivity index (χ0v) is 9.98. The van der Waals surface area contributed by atoms with Crippen LogP contribution in [-0.2, 0) is 9.53 Å². The molecule has 0 aromatic heterocycles. The van der Waals surface area contributed by atoms with Crippen LogP contribution in [0.3, 0.4) is 0 Å². The first-order chi connectivity index (χ1) is 7.50. The maximum absolute atomic E-state index is 11.2. The summed E-state index contributed by atoms with van der Waals surface area (Å²) in [5.74, 6) is -0.811. The summed E-state index contributed by atoms with van der Waals surface area (Å²) in [6.45, 7) is 5.50. The second-order valence-electron chi connectivity index (χ2n) is 4.44. The smallest absolute Gasteiger partial charge is 0.323 e. The van der Waals surface area contributed by atoms with Gasteiger partial charge in [-0.05, 0) is 33.2 Å². The molecule has 0 aliphatic carbocycles. The zero-order chi connectivity index (χ0) is 12.2.